The van der Waals surface area contributed by atoms with Crippen LogP contribution in [-0.2, 0) is 9.59 Å². The Morgan fingerprint density at radius 1 is 1.00 bits per heavy atom. The smallest absolute Gasteiger partial charge is 0.223 e. The lowest BCUT2D eigenvalue weighted by molar-refractivity contribution is -0.130. The Labute approximate surface area is 120 Å². The monoisotopic (exact) mass is 279 g/mol. The number of rotatable bonds is 3. The minimum atomic E-state index is 0.194. The van der Waals surface area contributed by atoms with Crippen LogP contribution < -0.4 is 5.32 Å². The number of nitrogens with zero attached hydrogens (tertiary/aromatic N) is 2. The van der Waals surface area contributed by atoms with Gasteiger partial charge in [-0.15, -0.1) is 0 Å². The number of carbonyl (C=O) groups excluding carboxylic acids is 2. The van der Waals surface area contributed by atoms with Crippen molar-refractivity contribution >= 4 is 11.8 Å². The topological polar surface area (TPSA) is 52.7 Å². The van der Waals surface area contributed by atoms with Gasteiger partial charge >= 0.3 is 0 Å². The first-order valence-electron chi connectivity index (χ1n) is 7.93. The minimum absolute atomic E-state index is 0.194. The molecule has 1 aliphatic carbocycles. The van der Waals surface area contributed by atoms with E-state index in [9.17, 15) is 9.59 Å². The van der Waals surface area contributed by atoms with Crippen LogP contribution in [0.25, 0.3) is 0 Å². The minimum Gasteiger partial charge on any atom is -0.352 e. The summed E-state index contributed by atoms with van der Waals surface area (Å²) < 4.78 is 0. The molecule has 0 aromatic carbocycles. The van der Waals surface area contributed by atoms with Crippen molar-refractivity contribution < 1.29 is 9.59 Å². The second-order valence-electron chi connectivity index (χ2n) is 6.50. The summed E-state index contributed by atoms with van der Waals surface area (Å²) in [5.41, 5.74) is 0. The van der Waals surface area contributed by atoms with E-state index in [-0.39, 0.29) is 11.8 Å². The third-order valence-corrected chi connectivity index (χ3v) is 4.94. The molecule has 5 heteroatoms. The maximum absolute atomic E-state index is 11.8. The van der Waals surface area contributed by atoms with E-state index in [4.69, 9.17) is 0 Å². The van der Waals surface area contributed by atoms with Crippen LogP contribution in [0.1, 0.15) is 39.0 Å². The maximum atomic E-state index is 11.8. The van der Waals surface area contributed by atoms with Crippen LogP contribution in [0.5, 0.6) is 0 Å². The average Bonchev–Trinajstić information content (AvgIpc) is 3.20. The first-order chi connectivity index (χ1) is 9.63. The number of piperidine rings is 1. The molecule has 3 aliphatic rings. The van der Waals surface area contributed by atoms with Gasteiger partial charge in [-0.25, -0.2) is 0 Å². The average molecular weight is 279 g/mol. The molecule has 1 unspecified atom stereocenters. The summed E-state index contributed by atoms with van der Waals surface area (Å²) in [5.74, 6) is 0.769. The number of likely N-dealkylation sites (tertiary alicyclic amines) is 2. The van der Waals surface area contributed by atoms with Crippen LogP contribution in [0, 0.1) is 5.92 Å². The maximum Gasteiger partial charge on any atom is 0.223 e. The number of hydrogen-bond donors (Lipinski definition) is 1. The van der Waals surface area contributed by atoms with Gasteiger partial charge in [0.2, 0.25) is 11.8 Å². The predicted molar refractivity (Wildman–Crippen MR) is 76.1 cm³/mol. The van der Waals surface area contributed by atoms with E-state index < -0.39 is 0 Å². The van der Waals surface area contributed by atoms with Crippen molar-refractivity contribution in [3.63, 3.8) is 0 Å². The Bertz CT molecular complexity index is 387. The van der Waals surface area contributed by atoms with Gasteiger partial charge < -0.3 is 10.2 Å². The summed E-state index contributed by atoms with van der Waals surface area (Å²) in [7, 11) is 0. The molecular weight excluding hydrogens is 254 g/mol. The Hall–Kier alpha value is -1.10. The molecule has 2 heterocycles. The summed E-state index contributed by atoms with van der Waals surface area (Å²) in [6, 6.07) is 0.933. The Morgan fingerprint density at radius 3 is 2.30 bits per heavy atom. The van der Waals surface area contributed by atoms with E-state index in [0.717, 1.165) is 58.3 Å². The van der Waals surface area contributed by atoms with Crippen LogP contribution >= 0.6 is 0 Å². The highest BCUT2D eigenvalue weighted by atomic mass is 16.2. The molecule has 1 saturated carbocycles. The summed E-state index contributed by atoms with van der Waals surface area (Å²) >= 11 is 0. The lowest BCUT2D eigenvalue weighted by atomic mass is 10.0. The van der Waals surface area contributed by atoms with Gasteiger partial charge in [0.1, 0.15) is 0 Å². The zero-order valence-corrected chi connectivity index (χ0v) is 12.3. The summed E-state index contributed by atoms with van der Waals surface area (Å²) in [6.07, 6.45) is 5.37. The zero-order valence-electron chi connectivity index (χ0n) is 12.3. The molecular formula is C15H25N3O2. The highest BCUT2D eigenvalue weighted by Crippen LogP contribution is 2.29. The molecule has 0 spiro atoms. The largest absolute Gasteiger partial charge is 0.352 e. The van der Waals surface area contributed by atoms with E-state index in [1.807, 2.05) is 4.90 Å². The fraction of sp³-hybridized carbons (Fsp3) is 0.867. The van der Waals surface area contributed by atoms with E-state index in [2.05, 4.69) is 10.2 Å². The van der Waals surface area contributed by atoms with Crippen molar-refractivity contribution in [2.45, 2.75) is 51.1 Å². The molecule has 3 fully saturated rings. The molecule has 1 N–H and O–H groups in total. The molecule has 5 nitrogen and oxygen atoms in total. The molecule has 0 aromatic heterocycles. The fourth-order valence-corrected chi connectivity index (χ4v) is 3.45. The molecule has 2 amide bonds. The molecule has 1 atom stereocenters. The number of amides is 2. The van der Waals surface area contributed by atoms with Crippen LogP contribution in [0.3, 0.4) is 0 Å². The number of hydrogen-bond acceptors (Lipinski definition) is 3. The standard InChI is InChI=1S/C15H25N3O2/c1-11(19)17-8-5-14(6-9-17)18-7-4-13(10-18)16-15(20)12-2-3-12/h12-14H,2-10H2,1H3,(H,16,20). The Balaban J connectivity index is 1.43. The van der Waals surface area contributed by atoms with Crippen molar-refractivity contribution in [3.8, 4) is 0 Å². The van der Waals surface area contributed by atoms with Crippen molar-refractivity contribution in [2.24, 2.45) is 5.92 Å². The highest BCUT2D eigenvalue weighted by molar-refractivity contribution is 5.81. The highest BCUT2D eigenvalue weighted by Gasteiger charge is 2.35. The van der Waals surface area contributed by atoms with Gasteiger partial charge in [0.15, 0.2) is 0 Å². The Morgan fingerprint density at radius 2 is 1.70 bits per heavy atom. The van der Waals surface area contributed by atoms with Crippen molar-refractivity contribution in [3.05, 3.63) is 0 Å². The van der Waals surface area contributed by atoms with Crippen molar-refractivity contribution in [2.75, 3.05) is 26.2 Å². The predicted octanol–water partition coefficient (Wildman–Crippen LogP) is 0.598. The number of nitrogens with one attached hydrogen (secondary N) is 1. The van der Waals surface area contributed by atoms with Gasteiger partial charge in [-0.05, 0) is 32.1 Å². The second-order valence-corrected chi connectivity index (χ2v) is 6.50. The summed E-state index contributed by atoms with van der Waals surface area (Å²) in [5, 5.41) is 3.19. The van der Waals surface area contributed by atoms with Crippen LogP contribution in [0.15, 0.2) is 0 Å². The molecule has 0 bridgehead atoms. The van der Waals surface area contributed by atoms with Crippen molar-refractivity contribution in [1.82, 2.24) is 15.1 Å². The normalized spacial score (nSPS) is 28.6. The Kier molecular flexibility index (Phi) is 3.96. The second kappa shape index (κ2) is 5.72. The van der Waals surface area contributed by atoms with Gasteiger partial charge in [-0.1, -0.05) is 0 Å². The third-order valence-electron chi connectivity index (χ3n) is 4.94. The molecule has 20 heavy (non-hydrogen) atoms. The fourth-order valence-electron chi connectivity index (χ4n) is 3.45. The summed E-state index contributed by atoms with van der Waals surface area (Å²) in [4.78, 5) is 27.6. The van der Waals surface area contributed by atoms with Crippen molar-refractivity contribution in [1.29, 1.82) is 0 Å². The molecule has 2 saturated heterocycles. The quantitative estimate of drug-likeness (QED) is 0.823. The first kappa shape index (κ1) is 13.9. The van der Waals surface area contributed by atoms with Gasteiger partial charge in [0.05, 0.1) is 0 Å². The molecule has 2 aliphatic heterocycles. The SMILES string of the molecule is CC(=O)N1CCC(N2CCC(NC(=O)C3CC3)C2)CC1. The van der Waals surface area contributed by atoms with Crippen LogP contribution in [0.2, 0.25) is 0 Å². The van der Waals surface area contributed by atoms with Gasteiger partial charge in [0, 0.05) is 51.1 Å². The molecule has 112 valence electrons. The first-order valence-corrected chi connectivity index (χ1v) is 7.93. The van der Waals surface area contributed by atoms with E-state index in [0.29, 0.717) is 18.0 Å². The zero-order chi connectivity index (χ0) is 14.1. The van der Waals surface area contributed by atoms with Crippen LogP contribution in [-0.4, -0.2) is 59.9 Å². The molecule has 0 aromatic rings. The van der Waals surface area contributed by atoms with E-state index in [1.165, 1.54) is 0 Å². The molecule has 0 radical (unpaired) electrons. The summed E-state index contributed by atoms with van der Waals surface area (Å²) in [6.45, 7) is 5.49. The van der Waals surface area contributed by atoms with Gasteiger partial charge in [0.25, 0.3) is 0 Å². The van der Waals surface area contributed by atoms with E-state index in [1.54, 1.807) is 6.92 Å². The number of carbonyl (C=O) groups is 2. The lowest BCUT2D eigenvalue weighted by Crippen LogP contribution is -2.46. The molecule has 3 rings (SSSR count). The third kappa shape index (κ3) is 3.14. The van der Waals surface area contributed by atoms with Gasteiger partial charge in [-0.2, -0.15) is 0 Å². The van der Waals surface area contributed by atoms with Crippen LogP contribution in [0.4, 0.5) is 0 Å². The lowest BCUT2D eigenvalue weighted by Gasteiger charge is -2.36. The van der Waals surface area contributed by atoms with Gasteiger partial charge in [-0.3, -0.25) is 14.5 Å². The van der Waals surface area contributed by atoms with E-state index >= 15 is 0 Å².